The van der Waals surface area contributed by atoms with Crippen LogP contribution in [0.5, 0.6) is 0 Å². The summed E-state index contributed by atoms with van der Waals surface area (Å²) in [6, 6.07) is 0. The van der Waals surface area contributed by atoms with Gasteiger partial charge in [-0.3, -0.25) is 0 Å². The van der Waals surface area contributed by atoms with Crippen molar-refractivity contribution in [1.82, 2.24) is 10.2 Å². The van der Waals surface area contributed by atoms with Gasteiger partial charge in [-0.05, 0) is 39.4 Å². The van der Waals surface area contributed by atoms with Crippen molar-refractivity contribution >= 4 is 0 Å². The van der Waals surface area contributed by atoms with Gasteiger partial charge in [0.2, 0.25) is 0 Å². The van der Waals surface area contributed by atoms with E-state index in [1.54, 1.807) is 0 Å². The zero-order valence-electron chi connectivity index (χ0n) is 8.88. The number of rotatable bonds is 5. The Bertz CT molecular complexity index is 122. The molecule has 3 heteroatoms. The Morgan fingerprint density at radius 1 is 1.46 bits per heavy atom. The first-order valence-corrected chi connectivity index (χ1v) is 5.22. The van der Waals surface area contributed by atoms with E-state index in [-0.39, 0.29) is 0 Å². The zero-order chi connectivity index (χ0) is 9.52. The molecule has 3 nitrogen and oxygen atoms in total. The first kappa shape index (κ1) is 11.0. The van der Waals surface area contributed by atoms with Gasteiger partial charge in [-0.15, -0.1) is 0 Å². The van der Waals surface area contributed by atoms with Crippen molar-refractivity contribution < 1.29 is 4.74 Å². The van der Waals surface area contributed by atoms with Crippen LogP contribution in [-0.4, -0.2) is 51.8 Å². The van der Waals surface area contributed by atoms with Crippen LogP contribution in [0.25, 0.3) is 0 Å². The summed E-state index contributed by atoms with van der Waals surface area (Å²) in [5.74, 6) is 0.746. The fourth-order valence-corrected chi connectivity index (χ4v) is 1.56. The average molecular weight is 186 g/mol. The number of hydrogen-bond acceptors (Lipinski definition) is 3. The van der Waals surface area contributed by atoms with Crippen molar-refractivity contribution in [3.63, 3.8) is 0 Å². The molecule has 0 spiro atoms. The van der Waals surface area contributed by atoms with Gasteiger partial charge >= 0.3 is 0 Å². The third-order valence-corrected chi connectivity index (χ3v) is 2.44. The van der Waals surface area contributed by atoms with Crippen molar-refractivity contribution in [3.8, 4) is 0 Å². The molecule has 13 heavy (non-hydrogen) atoms. The Hall–Kier alpha value is -0.120. The molecule has 1 atom stereocenters. The smallest absolute Gasteiger partial charge is 0.0593 e. The van der Waals surface area contributed by atoms with Crippen LogP contribution >= 0.6 is 0 Å². The molecular formula is C10H22N2O. The second-order valence-corrected chi connectivity index (χ2v) is 4.09. The van der Waals surface area contributed by atoms with Gasteiger partial charge in [0.25, 0.3) is 0 Å². The SMILES string of the molecule is CN(C)CCOCC1CCCNC1. The number of hydrogen-bond donors (Lipinski definition) is 1. The van der Waals surface area contributed by atoms with Gasteiger partial charge in [0.1, 0.15) is 0 Å². The number of piperidine rings is 1. The Balaban J connectivity index is 1.92. The number of likely N-dealkylation sites (N-methyl/N-ethyl adjacent to an activating group) is 1. The average Bonchev–Trinajstić information content (AvgIpc) is 2.14. The molecule has 0 amide bonds. The van der Waals surface area contributed by atoms with E-state index in [2.05, 4.69) is 24.3 Å². The van der Waals surface area contributed by atoms with Gasteiger partial charge in [-0.25, -0.2) is 0 Å². The molecule has 1 aliphatic heterocycles. The standard InChI is InChI=1S/C10H22N2O/c1-12(2)6-7-13-9-10-4-3-5-11-8-10/h10-11H,3-9H2,1-2H3. The summed E-state index contributed by atoms with van der Waals surface area (Å²) in [4.78, 5) is 2.15. The molecular weight excluding hydrogens is 164 g/mol. The van der Waals surface area contributed by atoms with Gasteiger partial charge in [0, 0.05) is 13.1 Å². The Kier molecular flexibility index (Phi) is 5.35. The van der Waals surface area contributed by atoms with Crippen molar-refractivity contribution in [2.75, 3.05) is 46.9 Å². The highest BCUT2D eigenvalue weighted by molar-refractivity contribution is 4.68. The largest absolute Gasteiger partial charge is 0.380 e. The lowest BCUT2D eigenvalue weighted by Crippen LogP contribution is -2.32. The van der Waals surface area contributed by atoms with Crippen molar-refractivity contribution in [1.29, 1.82) is 0 Å². The Labute approximate surface area is 81.4 Å². The monoisotopic (exact) mass is 186 g/mol. The van der Waals surface area contributed by atoms with Gasteiger partial charge in [0.15, 0.2) is 0 Å². The highest BCUT2D eigenvalue weighted by Gasteiger charge is 2.12. The van der Waals surface area contributed by atoms with E-state index in [9.17, 15) is 0 Å². The summed E-state index contributed by atoms with van der Waals surface area (Å²) in [5.41, 5.74) is 0. The molecule has 1 saturated heterocycles. The second-order valence-electron chi connectivity index (χ2n) is 4.09. The topological polar surface area (TPSA) is 24.5 Å². The number of nitrogens with zero attached hydrogens (tertiary/aromatic N) is 1. The molecule has 1 fully saturated rings. The maximum atomic E-state index is 5.60. The minimum absolute atomic E-state index is 0.746. The molecule has 0 aromatic rings. The summed E-state index contributed by atoms with van der Waals surface area (Å²) in [6.45, 7) is 5.15. The predicted molar refractivity (Wildman–Crippen MR) is 55.0 cm³/mol. The van der Waals surface area contributed by atoms with Crippen LogP contribution in [0.15, 0.2) is 0 Å². The first-order chi connectivity index (χ1) is 6.29. The minimum Gasteiger partial charge on any atom is -0.380 e. The normalized spacial score (nSPS) is 23.8. The molecule has 0 aromatic heterocycles. The maximum Gasteiger partial charge on any atom is 0.0593 e. The second kappa shape index (κ2) is 6.35. The van der Waals surface area contributed by atoms with E-state index >= 15 is 0 Å². The van der Waals surface area contributed by atoms with Crippen LogP contribution in [-0.2, 0) is 4.74 Å². The van der Waals surface area contributed by atoms with Gasteiger partial charge in [0.05, 0.1) is 13.2 Å². The Morgan fingerprint density at radius 3 is 2.92 bits per heavy atom. The van der Waals surface area contributed by atoms with Crippen molar-refractivity contribution in [3.05, 3.63) is 0 Å². The summed E-state index contributed by atoms with van der Waals surface area (Å²) in [5, 5.41) is 3.39. The van der Waals surface area contributed by atoms with E-state index in [1.807, 2.05) is 0 Å². The number of ether oxygens (including phenoxy) is 1. The Morgan fingerprint density at radius 2 is 2.31 bits per heavy atom. The highest BCUT2D eigenvalue weighted by Crippen LogP contribution is 2.09. The van der Waals surface area contributed by atoms with E-state index in [0.717, 1.165) is 32.2 Å². The van der Waals surface area contributed by atoms with Crippen LogP contribution in [0.4, 0.5) is 0 Å². The maximum absolute atomic E-state index is 5.60. The van der Waals surface area contributed by atoms with Gasteiger partial charge in [-0.1, -0.05) is 0 Å². The molecule has 0 aromatic carbocycles. The quantitative estimate of drug-likeness (QED) is 0.635. The summed E-state index contributed by atoms with van der Waals surface area (Å²) in [6.07, 6.45) is 2.64. The first-order valence-electron chi connectivity index (χ1n) is 5.22. The van der Waals surface area contributed by atoms with Crippen LogP contribution in [0, 0.1) is 5.92 Å². The molecule has 0 aliphatic carbocycles. The molecule has 1 N–H and O–H groups in total. The lowest BCUT2D eigenvalue weighted by atomic mass is 10.0. The summed E-state index contributed by atoms with van der Waals surface area (Å²) >= 11 is 0. The summed E-state index contributed by atoms with van der Waals surface area (Å²) in [7, 11) is 4.15. The fraction of sp³-hybridized carbons (Fsp3) is 1.00. The van der Waals surface area contributed by atoms with Crippen molar-refractivity contribution in [2.45, 2.75) is 12.8 Å². The highest BCUT2D eigenvalue weighted by atomic mass is 16.5. The molecule has 0 radical (unpaired) electrons. The molecule has 1 aliphatic rings. The molecule has 1 rings (SSSR count). The van der Waals surface area contributed by atoms with Gasteiger partial charge < -0.3 is 15.0 Å². The summed E-state index contributed by atoms with van der Waals surface area (Å²) < 4.78 is 5.60. The van der Waals surface area contributed by atoms with E-state index < -0.39 is 0 Å². The molecule has 0 bridgehead atoms. The minimum atomic E-state index is 0.746. The van der Waals surface area contributed by atoms with E-state index in [4.69, 9.17) is 4.74 Å². The third-order valence-electron chi connectivity index (χ3n) is 2.44. The molecule has 78 valence electrons. The van der Waals surface area contributed by atoms with Crippen LogP contribution in [0.1, 0.15) is 12.8 Å². The molecule has 0 saturated carbocycles. The zero-order valence-corrected chi connectivity index (χ0v) is 8.88. The number of nitrogens with one attached hydrogen (secondary N) is 1. The van der Waals surface area contributed by atoms with Crippen molar-refractivity contribution in [2.24, 2.45) is 5.92 Å². The van der Waals surface area contributed by atoms with Crippen LogP contribution in [0.3, 0.4) is 0 Å². The lowest BCUT2D eigenvalue weighted by molar-refractivity contribution is 0.0792. The molecule has 1 heterocycles. The lowest BCUT2D eigenvalue weighted by Gasteiger charge is -2.22. The molecule has 1 unspecified atom stereocenters. The van der Waals surface area contributed by atoms with Crippen LogP contribution in [0.2, 0.25) is 0 Å². The third kappa shape index (κ3) is 5.24. The predicted octanol–water partition coefficient (Wildman–Crippen LogP) is 0.564. The van der Waals surface area contributed by atoms with Gasteiger partial charge in [-0.2, -0.15) is 0 Å². The van der Waals surface area contributed by atoms with E-state index in [1.165, 1.54) is 19.4 Å². The van der Waals surface area contributed by atoms with E-state index in [0.29, 0.717) is 0 Å². The fourth-order valence-electron chi connectivity index (χ4n) is 1.56. The van der Waals surface area contributed by atoms with Crippen LogP contribution < -0.4 is 5.32 Å².